The van der Waals surface area contributed by atoms with Crippen LogP contribution in [0.2, 0.25) is 0 Å². The second kappa shape index (κ2) is 2.60. The number of nitriles is 1. The van der Waals surface area contributed by atoms with Gasteiger partial charge in [-0.15, -0.1) is 0 Å². The van der Waals surface area contributed by atoms with Crippen molar-refractivity contribution in [3.8, 4) is 6.07 Å². The van der Waals surface area contributed by atoms with Gasteiger partial charge in [0.25, 0.3) is 0 Å². The van der Waals surface area contributed by atoms with Gasteiger partial charge in [-0.3, -0.25) is 4.79 Å². The topological polar surface area (TPSA) is 50.1 Å². The summed E-state index contributed by atoms with van der Waals surface area (Å²) in [5.74, 6) is -0.230. The summed E-state index contributed by atoms with van der Waals surface area (Å²) in [4.78, 5) is 11.5. The zero-order valence-electron chi connectivity index (χ0n) is 8.01. The van der Waals surface area contributed by atoms with Gasteiger partial charge in [-0.25, -0.2) is 0 Å². The highest BCUT2D eigenvalue weighted by molar-refractivity contribution is 5.89. The first kappa shape index (κ1) is 8.49. The lowest BCUT2D eigenvalue weighted by atomic mass is 10.0. The molecule has 2 fully saturated rings. The van der Waals surface area contributed by atoms with Crippen LogP contribution in [0, 0.1) is 22.7 Å². The summed E-state index contributed by atoms with van der Waals surface area (Å²) in [5, 5.41) is 9.12. The number of benzene rings is 1. The normalized spacial score (nSPS) is 36.6. The second-order valence-electron chi connectivity index (χ2n) is 4.07. The Kier molecular flexibility index (Phi) is 1.47. The number of cyclic esters (lactones) is 1. The molecule has 2 aliphatic rings. The van der Waals surface area contributed by atoms with Gasteiger partial charge in [-0.1, -0.05) is 30.3 Å². The van der Waals surface area contributed by atoms with Gasteiger partial charge in [0, 0.05) is 11.8 Å². The predicted molar refractivity (Wildman–Crippen MR) is 51.7 cm³/mol. The van der Waals surface area contributed by atoms with Crippen LogP contribution in [0.25, 0.3) is 0 Å². The first-order valence-electron chi connectivity index (χ1n) is 4.94. The van der Waals surface area contributed by atoms with E-state index < -0.39 is 5.41 Å². The van der Waals surface area contributed by atoms with Crippen molar-refractivity contribution >= 4 is 5.97 Å². The summed E-state index contributed by atoms with van der Waals surface area (Å²) in [6.45, 7) is 0.395. The maximum atomic E-state index is 11.5. The van der Waals surface area contributed by atoms with Crippen LogP contribution in [0.4, 0.5) is 0 Å². The van der Waals surface area contributed by atoms with Crippen molar-refractivity contribution in [3.05, 3.63) is 35.9 Å². The van der Waals surface area contributed by atoms with Crippen LogP contribution >= 0.6 is 0 Å². The molecule has 0 bridgehead atoms. The summed E-state index contributed by atoms with van der Waals surface area (Å²) in [7, 11) is 0. The summed E-state index contributed by atoms with van der Waals surface area (Å²) in [5.41, 5.74) is 0.196. The van der Waals surface area contributed by atoms with E-state index in [4.69, 9.17) is 10.00 Å². The van der Waals surface area contributed by atoms with Crippen LogP contribution in [-0.2, 0) is 9.53 Å². The minimum atomic E-state index is -0.874. The molecule has 0 radical (unpaired) electrons. The van der Waals surface area contributed by atoms with Gasteiger partial charge >= 0.3 is 5.97 Å². The van der Waals surface area contributed by atoms with Crippen molar-refractivity contribution < 1.29 is 9.53 Å². The molecule has 1 aliphatic carbocycles. The zero-order valence-corrected chi connectivity index (χ0v) is 8.01. The molecule has 15 heavy (non-hydrogen) atoms. The van der Waals surface area contributed by atoms with Crippen LogP contribution in [0.1, 0.15) is 11.5 Å². The number of nitrogens with zero attached hydrogens (tertiary/aromatic N) is 1. The van der Waals surface area contributed by atoms with Gasteiger partial charge in [0.2, 0.25) is 0 Å². The molecular weight excluding hydrogens is 190 g/mol. The summed E-state index contributed by atoms with van der Waals surface area (Å²) in [6, 6.07) is 11.9. The molecule has 1 aliphatic heterocycles. The molecule has 3 nitrogen and oxygen atoms in total. The van der Waals surface area contributed by atoms with Crippen LogP contribution in [0.3, 0.4) is 0 Å². The summed E-state index contributed by atoms with van der Waals surface area (Å²) >= 11 is 0. The monoisotopic (exact) mass is 199 g/mol. The van der Waals surface area contributed by atoms with E-state index in [0.29, 0.717) is 6.61 Å². The molecule has 1 aromatic rings. The van der Waals surface area contributed by atoms with Gasteiger partial charge in [-0.05, 0) is 5.56 Å². The molecule has 3 atom stereocenters. The standard InChI is InChI=1S/C12H9NO2/c13-7-12-9(6-15-11(12)14)10(12)8-4-2-1-3-5-8/h1-5,9-10H,6H2/t9-,10-,12-/m1/s1. The predicted octanol–water partition coefficient (Wildman–Crippen LogP) is 1.47. The number of carbonyl (C=O) groups is 1. The zero-order chi connectivity index (χ0) is 10.5. The van der Waals surface area contributed by atoms with E-state index in [-0.39, 0.29) is 17.8 Å². The Morgan fingerprint density at radius 1 is 1.40 bits per heavy atom. The number of ether oxygens (including phenoxy) is 1. The Morgan fingerprint density at radius 2 is 2.13 bits per heavy atom. The van der Waals surface area contributed by atoms with Crippen molar-refractivity contribution in [2.75, 3.05) is 6.61 Å². The molecule has 1 saturated heterocycles. The van der Waals surface area contributed by atoms with Gasteiger partial charge in [0.1, 0.15) is 0 Å². The van der Waals surface area contributed by atoms with Gasteiger partial charge in [0.05, 0.1) is 12.7 Å². The molecule has 74 valence electrons. The van der Waals surface area contributed by atoms with E-state index in [1.807, 2.05) is 30.3 Å². The third-order valence-corrected chi connectivity index (χ3v) is 3.44. The van der Waals surface area contributed by atoms with Crippen LogP contribution in [0.5, 0.6) is 0 Å². The Balaban J connectivity index is 2.01. The molecule has 1 heterocycles. The highest BCUT2D eigenvalue weighted by Crippen LogP contribution is 2.68. The molecule has 1 aromatic carbocycles. The average Bonchev–Trinajstić information content (AvgIpc) is 2.85. The molecule has 3 heteroatoms. The Hall–Kier alpha value is -1.82. The molecule has 0 amide bonds. The largest absolute Gasteiger partial charge is 0.464 e. The fourth-order valence-electron chi connectivity index (χ4n) is 2.60. The van der Waals surface area contributed by atoms with E-state index in [1.165, 1.54) is 0 Å². The van der Waals surface area contributed by atoms with Crippen LogP contribution in [0.15, 0.2) is 30.3 Å². The lowest BCUT2D eigenvalue weighted by Gasteiger charge is -2.06. The van der Waals surface area contributed by atoms with E-state index in [1.54, 1.807) is 0 Å². The molecule has 3 rings (SSSR count). The Bertz CT molecular complexity index is 462. The number of fused-ring (bicyclic) bond motifs is 1. The minimum Gasteiger partial charge on any atom is -0.464 e. The van der Waals surface area contributed by atoms with Crippen molar-refractivity contribution in [1.29, 1.82) is 5.26 Å². The summed E-state index contributed by atoms with van der Waals surface area (Å²) in [6.07, 6.45) is 0. The van der Waals surface area contributed by atoms with Gasteiger partial charge in [-0.2, -0.15) is 5.26 Å². The van der Waals surface area contributed by atoms with E-state index in [9.17, 15) is 4.79 Å². The van der Waals surface area contributed by atoms with Gasteiger partial charge in [0.15, 0.2) is 5.41 Å². The van der Waals surface area contributed by atoms with Gasteiger partial charge < -0.3 is 4.74 Å². The first-order chi connectivity index (χ1) is 7.30. The highest BCUT2D eigenvalue weighted by Gasteiger charge is 2.76. The highest BCUT2D eigenvalue weighted by atomic mass is 16.5. The first-order valence-corrected chi connectivity index (χ1v) is 4.94. The average molecular weight is 199 g/mol. The molecule has 1 saturated carbocycles. The second-order valence-corrected chi connectivity index (χ2v) is 4.07. The third-order valence-electron chi connectivity index (χ3n) is 3.44. The lowest BCUT2D eigenvalue weighted by molar-refractivity contribution is -0.143. The van der Waals surface area contributed by atoms with E-state index in [2.05, 4.69) is 6.07 Å². The van der Waals surface area contributed by atoms with Crippen molar-refractivity contribution in [2.24, 2.45) is 11.3 Å². The summed E-state index contributed by atoms with van der Waals surface area (Å²) < 4.78 is 4.90. The van der Waals surface area contributed by atoms with Crippen LogP contribution < -0.4 is 0 Å². The molecule has 0 unspecified atom stereocenters. The lowest BCUT2D eigenvalue weighted by Crippen LogP contribution is -2.14. The number of carbonyl (C=O) groups excluding carboxylic acids is 1. The van der Waals surface area contributed by atoms with Crippen molar-refractivity contribution in [3.63, 3.8) is 0 Å². The van der Waals surface area contributed by atoms with E-state index in [0.717, 1.165) is 5.56 Å². The molecular formula is C12H9NO2. The fourth-order valence-corrected chi connectivity index (χ4v) is 2.60. The maximum absolute atomic E-state index is 11.5. The number of hydrogen-bond acceptors (Lipinski definition) is 3. The third kappa shape index (κ3) is 0.866. The Labute approximate surface area is 87.3 Å². The van der Waals surface area contributed by atoms with Crippen LogP contribution in [-0.4, -0.2) is 12.6 Å². The number of rotatable bonds is 1. The van der Waals surface area contributed by atoms with Crippen molar-refractivity contribution in [2.45, 2.75) is 5.92 Å². The molecule has 0 aromatic heterocycles. The molecule has 0 spiro atoms. The molecule has 0 N–H and O–H groups in total. The fraction of sp³-hybridized carbons (Fsp3) is 0.333. The smallest absolute Gasteiger partial charge is 0.327 e. The van der Waals surface area contributed by atoms with E-state index >= 15 is 0 Å². The SMILES string of the molecule is N#C[C@@]12C(=O)OC[C@@H]1[C@H]2c1ccccc1. The number of esters is 1. The number of hydrogen-bond donors (Lipinski definition) is 0. The maximum Gasteiger partial charge on any atom is 0.327 e. The Morgan fingerprint density at radius 3 is 2.73 bits per heavy atom. The minimum absolute atomic E-state index is 0.0462. The van der Waals surface area contributed by atoms with Crippen molar-refractivity contribution in [1.82, 2.24) is 0 Å². The quantitative estimate of drug-likeness (QED) is 0.643.